The van der Waals surface area contributed by atoms with Gasteiger partial charge in [-0.05, 0) is 30.7 Å². The van der Waals surface area contributed by atoms with E-state index in [1.807, 2.05) is 54.8 Å². The van der Waals surface area contributed by atoms with Gasteiger partial charge in [0.25, 0.3) is 5.91 Å². The third-order valence-electron chi connectivity index (χ3n) is 3.62. The monoisotopic (exact) mass is 379 g/mol. The van der Waals surface area contributed by atoms with Gasteiger partial charge in [-0.2, -0.15) is 5.26 Å². The van der Waals surface area contributed by atoms with E-state index in [4.69, 9.17) is 11.6 Å². The maximum absolute atomic E-state index is 12.4. The number of nitriles is 1. The number of aromatic nitrogens is 1. The molecule has 0 saturated heterocycles. The van der Waals surface area contributed by atoms with E-state index in [1.165, 1.54) is 11.3 Å². The summed E-state index contributed by atoms with van der Waals surface area (Å²) in [6.07, 6.45) is 1.56. The van der Waals surface area contributed by atoms with Crippen LogP contribution in [0.1, 0.15) is 11.1 Å². The van der Waals surface area contributed by atoms with Gasteiger partial charge in [-0.15, -0.1) is 11.3 Å². The number of nitrogens with one attached hydrogen (secondary N) is 1. The second kappa shape index (κ2) is 7.96. The van der Waals surface area contributed by atoms with Gasteiger partial charge in [-0.1, -0.05) is 53.6 Å². The van der Waals surface area contributed by atoms with Gasteiger partial charge in [0, 0.05) is 16.0 Å². The molecule has 0 saturated carbocycles. The molecule has 0 radical (unpaired) electrons. The summed E-state index contributed by atoms with van der Waals surface area (Å²) < 4.78 is 0. The Balaban J connectivity index is 1.75. The van der Waals surface area contributed by atoms with Gasteiger partial charge in [-0.3, -0.25) is 10.1 Å². The molecule has 1 heterocycles. The van der Waals surface area contributed by atoms with E-state index in [1.54, 1.807) is 18.2 Å². The van der Waals surface area contributed by atoms with Crippen LogP contribution in [0.5, 0.6) is 0 Å². The predicted octanol–water partition coefficient (Wildman–Crippen LogP) is 5.32. The van der Waals surface area contributed by atoms with E-state index in [0.717, 1.165) is 22.4 Å². The van der Waals surface area contributed by atoms with Crippen LogP contribution in [0.2, 0.25) is 5.02 Å². The van der Waals surface area contributed by atoms with Crippen LogP contribution in [-0.4, -0.2) is 10.9 Å². The molecule has 3 rings (SSSR count). The number of benzene rings is 2. The number of hydrogen-bond acceptors (Lipinski definition) is 4. The van der Waals surface area contributed by atoms with E-state index >= 15 is 0 Å². The Morgan fingerprint density at radius 3 is 2.54 bits per heavy atom. The molecule has 2 aromatic carbocycles. The summed E-state index contributed by atoms with van der Waals surface area (Å²) in [6, 6.07) is 16.8. The van der Waals surface area contributed by atoms with E-state index in [-0.39, 0.29) is 5.57 Å². The number of anilines is 1. The van der Waals surface area contributed by atoms with Crippen molar-refractivity contribution in [2.24, 2.45) is 0 Å². The predicted molar refractivity (Wildman–Crippen MR) is 106 cm³/mol. The van der Waals surface area contributed by atoms with Crippen molar-refractivity contribution in [2.45, 2.75) is 6.92 Å². The summed E-state index contributed by atoms with van der Waals surface area (Å²) in [5.74, 6) is -0.481. The molecule has 3 aromatic rings. The number of thiazole rings is 1. The highest BCUT2D eigenvalue weighted by molar-refractivity contribution is 7.14. The van der Waals surface area contributed by atoms with Crippen molar-refractivity contribution in [3.63, 3.8) is 0 Å². The minimum absolute atomic E-state index is 0.0251. The fraction of sp³-hybridized carbons (Fsp3) is 0.0500. The van der Waals surface area contributed by atoms with Crippen molar-refractivity contribution < 1.29 is 4.79 Å². The molecule has 6 heteroatoms. The standard InChI is InChI=1S/C20H14ClN3OS/c1-13-2-4-14(5-3-13)10-16(11-22)19(25)24-20-23-18(12-26-20)15-6-8-17(21)9-7-15/h2-10,12H,1H3,(H,23,24,25). The number of nitrogens with zero attached hydrogens (tertiary/aromatic N) is 2. The molecular formula is C20H14ClN3OS. The Morgan fingerprint density at radius 2 is 1.88 bits per heavy atom. The second-order valence-corrected chi connectivity index (χ2v) is 6.87. The lowest BCUT2D eigenvalue weighted by molar-refractivity contribution is -0.112. The molecule has 1 amide bonds. The molecule has 1 aromatic heterocycles. The summed E-state index contributed by atoms with van der Waals surface area (Å²) in [5.41, 5.74) is 3.58. The lowest BCUT2D eigenvalue weighted by Crippen LogP contribution is -2.13. The molecular weight excluding hydrogens is 366 g/mol. The van der Waals surface area contributed by atoms with Gasteiger partial charge in [0.05, 0.1) is 5.69 Å². The molecule has 0 aliphatic rings. The van der Waals surface area contributed by atoms with Crippen molar-refractivity contribution in [1.29, 1.82) is 5.26 Å². The molecule has 128 valence electrons. The van der Waals surface area contributed by atoms with Gasteiger partial charge in [-0.25, -0.2) is 4.98 Å². The molecule has 4 nitrogen and oxygen atoms in total. The Hall–Kier alpha value is -2.94. The lowest BCUT2D eigenvalue weighted by Gasteiger charge is -2.01. The summed E-state index contributed by atoms with van der Waals surface area (Å²) >= 11 is 7.19. The van der Waals surface area contributed by atoms with Crippen LogP contribution in [0.25, 0.3) is 17.3 Å². The van der Waals surface area contributed by atoms with Gasteiger partial charge >= 0.3 is 0 Å². The van der Waals surface area contributed by atoms with Crippen molar-refractivity contribution in [3.05, 3.63) is 75.6 Å². The molecule has 1 N–H and O–H groups in total. The quantitative estimate of drug-likeness (QED) is 0.493. The number of halogens is 1. The zero-order valence-electron chi connectivity index (χ0n) is 13.9. The fourth-order valence-electron chi connectivity index (χ4n) is 2.23. The lowest BCUT2D eigenvalue weighted by atomic mass is 10.1. The highest BCUT2D eigenvalue weighted by Gasteiger charge is 2.12. The number of amides is 1. The number of carbonyl (C=O) groups excluding carboxylic acids is 1. The summed E-state index contributed by atoms with van der Waals surface area (Å²) in [4.78, 5) is 16.7. The topological polar surface area (TPSA) is 65.8 Å². The van der Waals surface area contributed by atoms with Crippen molar-refractivity contribution >= 4 is 40.1 Å². The minimum Gasteiger partial charge on any atom is -0.297 e. The smallest absolute Gasteiger partial charge is 0.268 e. The summed E-state index contributed by atoms with van der Waals surface area (Å²) in [5, 5.41) is 14.9. The SMILES string of the molecule is Cc1ccc(C=C(C#N)C(=O)Nc2nc(-c3ccc(Cl)cc3)cs2)cc1. The first kappa shape index (κ1) is 17.9. The molecule has 0 aliphatic heterocycles. The average molecular weight is 380 g/mol. The van der Waals surface area contributed by atoms with E-state index in [9.17, 15) is 10.1 Å². The fourth-order valence-corrected chi connectivity index (χ4v) is 3.07. The van der Waals surface area contributed by atoms with Gasteiger partial charge in [0.15, 0.2) is 5.13 Å². The molecule has 0 bridgehead atoms. The average Bonchev–Trinajstić information content (AvgIpc) is 3.10. The molecule has 0 aliphatic carbocycles. The molecule has 26 heavy (non-hydrogen) atoms. The molecule has 0 unspecified atom stereocenters. The molecule has 0 atom stereocenters. The number of hydrogen-bond donors (Lipinski definition) is 1. The largest absolute Gasteiger partial charge is 0.297 e. The van der Waals surface area contributed by atoms with Crippen LogP contribution < -0.4 is 5.32 Å². The van der Waals surface area contributed by atoms with Crippen LogP contribution in [0.4, 0.5) is 5.13 Å². The first-order valence-electron chi connectivity index (χ1n) is 7.76. The third kappa shape index (κ3) is 4.37. The Morgan fingerprint density at radius 1 is 1.19 bits per heavy atom. The van der Waals surface area contributed by atoms with Gasteiger partial charge in [0.1, 0.15) is 11.6 Å². The highest BCUT2D eigenvalue weighted by Crippen LogP contribution is 2.26. The zero-order chi connectivity index (χ0) is 18.5. The maximum Gasteiger partial charge on any atom is 0.268 e. The second-order valence-electron chi connectivity index (χ2n) is 5.58. The van der Waals surface area contributed by atoms with Crippen LogP contribution in [0.3, 0.4) is 0 Å². The first-order chi connectivity index (χ1) is 12.5. The minimum atomic E-state index is -0.481. The van der Waals surface area contributed by atoms with Crippen molar-refractivity contribution in [3.8, 4) is 17.3 Å². The zero-order valence-corrected chi connectivity index (χ0v) is 15.4. The van der Waals surface area contributed by atoms with Crippen LogP contribution in [-0.2, 0) is 4.79 Å². The third-order valence-corrected chi connectivity index (χ3v) is 4.63. The molecule has 0 fully saturated rings. The Labute approximate surface area is 160 Å². The number of rotatable bonds is 4. The van der Waals surface area contributed by atoms with E-state index in [0.29, 0.717) is 10.2 Å². The number of aryl methyl sites for hydroxylation is 1. The van der Waals surface area contributed by atoms with Gasteiger partial charge < -0.3 is 0 Å². The van der Waals surface area contributed by atoms with E-state index < -0.39 is 5.91 Å². The summed E-state index contributed by atoms with van der Waals surface area (Å²) in [6.45, 7) is 1.98. The van der Waals surface area contributed by atoms with Crippen molar-refractivity contribution in [2.75, 3.05) is 5.32 Å². The van der Waals surface area contributed by atoms with E-state index in [2.05, 4.69) is 10.3 Å². The summed E-state index contributed by atoms with van der Waals surface area (Å²) in [7, 11) is 0. The normalized spacial score (nSPS) is 11.0. The molecule has 0 spiro atoms. The number of carbonyl (C=O) groups is 1. The van der Waals surface area contributed by atoms with Gasteiger partial charge in [0.2, 0.25) is 0 Å². The van der Waals surface area contributed by atoms with Crippen LogP contribution in [0.15, 0.2) is 59.5 Å². The highest BCUT2D eigenvalue weighted by atomic mass is 35.5. The van der Waals surface area contributed by atoms with Crippen LogP contribution >= 0.6 is 22.9 Å². The maximum atomic E-state index is 12.4. The Kier molecular flexibility index (Phi) is 5.47. The Bertz CT molecular complexity index is 999. The first-order valence-corrected chi connectivity index (χ1v) is 9.02. The van der Waals surface area contributed by atoms with Crippen molar-refractivity contribution in [1.82, 2.24) is 4.98 Å². The van der Waals surface area contributed by atoms with Crippen LogP contribution in [0, 0.1) is 18.3 Å².